The van der Waals surface area contributed by atoms with E-state index in [1.807, 2.05) is 13.8 Å². The van der Waals surface area contributed by atoms with Crippen LogP contribution in [0.2, 0.25) is 0 Å². The Kier molecular flexibility index (Phi) is 7.79. The molecule has 0 bridgehead atoms. The van der Waals surface area contributed by atoms with Crippen molar-refractivity contribution in [3.8, 4) is 0 Å². The maximum absolute atomic E-state index is 12.5. The first kappa shape index (κ1) is 21.5. The van der Waals surface area contributed by atoms with Crippen LogP contribution in [0.3, 0.4) is 0 Å². The fraction of sp³-hybridized carbons (Fsp3) is 0.571. The zero-order valence-corrected chi connectivity index (χ0v) is 13.9. The molecule has 0 aliphatic heterocycles. The number of aromatic nitrogens is 1. The zero-order chi connectivity index (χ0) is 17.1. The van der Waals surface area contributed by atoms with Crippen molar-refractivity contribution in [2.75, 3.05) is 13.6 Å². The second kappa shape index (κ2) is 8.35. The van der Waals surface area contributed by atoms with Crippen molar-refractivity contribution in [2.45, 2.75) is 32.5 Å². The Balaban J connectivity index is 0.00000484. The summed E-state index contributed by atoms with van der Waals surface area (Å²) in [6.45, 7) is 4.22. The first-order valence-electron chi connectivity index (χ1n) is 6.85. The maximum Gasteiger partial charge on any atom is 0.431 e. The lowest BCUT2D eigenvalue weighted by Gasteiger charge is -2.21. The number of rotatable bonds is 5. The predicted octanol–water partition coefficient (Wildman–Crippen LogP) is 2.26. The topological polar surface area (TPSA) is 79.2 Å². The normalized spacial score (nSPS) is 12.7. The maximum atomic E-state index is 12.5. The molecular weight excluding hydrogens is 335 g/mol. The van der Waals surface area contributed by atoms with E-state index in [9.17, 15) is 22.8 Å². The largest absolute Gasteiger partial charge is 0.431 e. The molecule has 3 N–H and O–H groups in total. The van der Waals surface area contributed by atoms with Gasteiger partial charge in [0.15, 0.2) is 0 Å². The van der Waals surface area contributed by atoms with Crippen molar-refractivity contribution in [3.05, 3.63) is 33.7 Å². The minimum Gasteiger partial charge on any atom is -0.341 e. The molecule has 1 rings (SSSR count). The minimum atomic E-state index is -4.66. The number of carbonyl (C=O) groups excluding carboxylic acids is 1. The van der Waals surface area contributed by atoms with Crippen LogP contribution in [0.4, 0.5) is 13.2 Å². The smallest absolute Gasteiger partial charge is 0.341 e. The molecular formula is C14H21ClF3N3O2. The van der Waals surface area contributed by atoms with E-state index in [4.69, 9.17) is 5.73 Å². The van der Waals surface area contributed by atoms with E-state index in [1.54, 1.807) is 4.98 Å². The number of nitrogens with one attached hydrogen (secondary N) is 1. The molecule has 9 heteroatoms. The van der Waals surface area contributed by atoms with Crippen molar-refractivity contribution in [2.24, 2.45) is 11.7 Å². The Morgan fingerprint density at radius 3 is 2.35 bits per heavy atom. The van der Waals surface area contributed by atoms with E-state index in [0.29, 0.717) is 19.0 Å². The number of carbonyl (C=O) groups is 1. The lowest BCUT2D eigenvalue weighted by molar-refractivity contribution is -0.141. The summed E-state index contributed by atoms with van der Waals surface area (Å²) < 4.78 is 37.4. The number of amides is 1. The molecule has 0 aliphatic rings. The number of H-pyrrole nitrogens is 1. The molecule has 5 nitrogen and oxygen atoms in total. The summed E-state index contributed by atoms with van der Waals surface area (Å²) in [5, 5.41) is 0. The first-order chi connectivity index (χ1) is 10.0. The van der Waals surface area contributed by atoms with Gasteiger partial charge in [0.2, 0.25) is 0 Å². The summed E-state index contributed by atoms with van der Waals surface area (Å²) in [6.07, 6.45) is -4.12. The van der Waals surface area contributed by atoms with E-state index in [1.165, 1.54) is 11.9 Å². The molecule has 1 atom stereocenters. The number of aromatic amines is 1. The van der Waals surface area contributed by atoms with E-state index in [-0.39, 0.29) is 29.9 Å². The van der Waals surface area contributed by atoms with E-state index in [0.717, 1.165) is 6.07 Å². The van der Waals surface area contributed by atoms with Crippen molar-refractivity contribution in [1.82, 2.24) is 9.88 Å². The fourth-order valence-corrected chi connectivity index (χ4v) is 1.79. The molecule has 0 saturated heterocycles. The number of alkyl halides is 3. The van der Waals surface area contributed by atoms with Crippen LogP contribution in [-0.2, 0) is 6.18 Å². The first-order valence-corrected chi connectivity index (χ1v) is 6.85. The summed E-state index contributed by atoms with van der Waals surface area (Å²) in [5.74, 6) is -0.385. The van der Waals surface area contributed by atoms with Crippen molar-refractivity contribution in [3.63, 3.8) is 0 Å². The number of pyridine rings is 1. The molecule has 0 saturated carbocycles. The Labute approximate surface area is 138 Å². The summed E-state index contributed by atoms with van der Waals surface area (Å²) in [5.41, 5.74) is 3.31. The molecule has 1 aromatic rings. The number of hydrogen-bond donors (Lipinski definition) is 2. The van der Waals surface area contributed by atoms with Gasteiger partial charge in [-0.2, -0.15) is 13.2 Å². The highest BCUT2D eigenvalue weighted by atomic mass is 35.5. The van der Waals surface area contributed by atoms with E-state index < -0.39 is 23.3 Å². The third kappa shape index (κ3) is 5.87. The highest BCUT2D eigenvalue weighted by Gasteiger charge is 2.32. The lowest BCUT2D eigenvalue weighted by atomic mass is 10.0. The van der Waals surface area contributed by atoms with Crippen molar-refractivity contribution >= 4 is 18.3 Å². The van der Waals surface area contributed by atoms with Crippen molar-refractivity contribution in [1.29, 1.82) is 0 Å². The average molecular weight is 356 g/mol. The van der Waals surface area contributed by atoms with Gasteiger partial charge in [0.25, 0.3) is 11.5 Å². The van der Waals surface area contributed by atoms with Crippen molar-refractivity contribution < 1.29 is 18.0 Å². The number of nitrogens with two attached hydrogens (primary N) is 1. The average Bonchev–Trinajstić information content (AvgIpc) is 2.42. The standard InChI is InChI=1S/C14H20F3N3O2.ClH/c1-8(2)10(18)6-7-20(3)13(22)9-4-5-11(14(15,16)17)19-12(9)21;/h4-5,8,10H,6-7,18H2,1-3H3,(H,19,21);1H. The lowest BCUT2D eigenvalue weighted by Crippen LogP contribution is -2.37. The predicted molar refractivity (Wildman–Crippen MR) is 83.7 cm³/mol. The highest BCUT2D eigenvalue weighted by molar-refractivity contribution is 5.93. The monoisotopic (exact) mass is 355 g/mol. The SMILES string of the molecule is CC(C)C(N)CCN(C)C(=O)c1ccc(C(F)(F)F)[nH]c1=O.Cl. The molecule has 132 valence electrons. The van der Waals surface area contributed by atoms with Gasteiger partial charge in [-0.3, -0.25) is 9.59 Å². The van der Waals surface area contributed by atoms with Gasteiger partial charge in [0.05, 0.1) is 0 Å². The molecule has 1 aromatic heterocycles. The molecule has 0 fully saturated rings. The molecule has 0 radical (unpaired) electrons. The summed E-state index contributed by atoms with van der Waals surface area (Å²) in [4.78, 5) is 26.7. The van der Waals surface area contributed by atoms with Crippen LogP contribution in [0.25, 0.3) is 0 Å². The highest BCUT2D eigenvalue weighted by Crippen LogP contribution is 2.26. The van der Waals surface area contributed by atoms with Gasteiger partial charge in [-0.25, -0.2) is 0 Å². The third-order valence-corrected chi connectivity index (χ3v) is 3.45. The molecule has 1 amide bonds. The van der Waals surface area contributed by atoms with Gasteiger partial charge in [-0.05, 0) is 24.5 Å². The van der Waals surface area contributed by atoms with Crippen LogP contribution in [0.5, 0.6) is 0 Å². The van der Waals surface area contributed by atoms with Gasteiger partial charge < -0.3 is 15.6 Å². The second-order valence-electron chi connectivity index (χ2n) is 5.54. The molecule has 23 heavy (non-hydrogen) atoms. The van der Waals surface area contributed by atoms with Gasteiger partial charge in [0.1, 0.15) is 11.3 Å². The van der Waals surface area contributed by atoms with Crippen LogP contribution < -0.4 is 11.3 Å². The Hall–Kier alpha value is -1.54. The molecule has 0 aliphatic carbocycles. The minimum absolute atomic E-state index is 0. The number of nitrogens with zero attached hydrogens (tertiary/aromatic N) is 1. The summed E-state index contributed by atoms with van der Waals surface area (Å²) >= 11 is 0. The molecule has 1 unspecified atom stereocenters. The summed E-state index contributed by atoms with van der Waals surface area (Å²) in [7, 11) is 1.48. The van der Waals surface area contributed by atoms with Crippen LogP contribution >= 0.6 is 12.4 Å². The number of hydrogen-bond acceptors (Lipinski definition) is 3. The molecule has 0 spiro atoms. The third-order valence-electron chi connectivity index (χ3n) is 3.45. The summed E-state index contributed by atoms with van der Waals surface area (Å²) in [6, 6.07) is 1.48. The number of halogens is 4. The van der Waals surface area contributed by atoms with Gasteiger partial charge in [-0.1, -0.05) is 13.8 Å². The second-order valence-corrected chi connectivity index (χ2v) is 5.54. The zero-order valence-electron chi connectivity index (χ0n) is 13.1. The van der Waals surface area contributed by atoms with Crippen LogP contribution in [-0.4, -0.2) is 35.4 Å². The van der Waals surface area contributed by atoms with Gasteiger partial charge in [0, 0.05) is 19.6 Å². The van der Waals surface area contributed by atoms with Gasteiger partial charge in [-0.15, -0.1) is 12.4 Å². The quantitative estimate of drug-likeness (QED) is 0.850. The Bertz CT molecular complexity index is 587. The van der Waals surface area contributed by atoms with Crippen LogP contribution in [0, 0.1) is 5.92 Å². The van der Waals surface area contributed by atoms with E-state index >= 15 is 0 Å². The van der Waals surface area contributed by atoms with Crippen LogP contribution in [0.1, 0.15) is 36.3 Å². The van der Waals surface area contributed by atoms with Crippen LogP contribution in [0.15, 0.2) is 16.9 Å². The molecule has 1 heterocycles. The Morgan fingerprint density at radius 2 is 1.91 bits per heavy atom. The molecule has 0 aromatic carbocycles. The van der Waals surface area contributed by atoms with Gasteiger partial charge >= 0.3 is 6.18 Å². The van der Waals surface area contributed by atoms with E-state index in [2.05, 4.69) is 0 Å². The Morgan fingerprint density at radius 1 is 1.35 bits per heavy atom. The fourth-order valence-electron chi connectivity index (χ4n) is 1.79.